The molecule has 3 aliphatic carbocycles. The maximum atomic E-state index is 12.3. The Morgan fingerprint density at radius 1 is 0.564 bits per heavy atom. The number of rotatable bonds is 4. The van der Waals surface area contributed by atoms with Gasteiger partial charge in [0, 0.05) is 40.5 Å². The van der Waals surface area contributed by atoms with Crippen LogP contribution in [0.4, 0.5) is 5.82 Å². The molecule has 16 nitrogen and oxygen atoms in total. The van der Waals surface area contributed by atoms with Crippen molar-refractivity contribution < 1.29 is 23.9 Å². The lowest BCUT2D eigenvalue weighted by atomic mass is 10.1. The number of nitrogens with one attached hydrogen (secondary N) is 1. The van der Waals surface area contributed by atoms with Crippen molar-refractivity contribution in [2.45, 2.75) is 0 Å². The Morgan fingerprint density at radius 3 is 1.56 bits per heavy atom. The quantitative estimate of drug-likeness (QED) is 0.245. The molecule has 0 fully saturated rings. The number of methoxy groups -OCH3 is 1. The summed E-state index contributed by atoms with van der Waals surface area (Å²) in [6.45, 7) is 0.632. The van der Waals surface area contributed by atoms with Gasteiger partial charge in [0.2, 0.25) is 28.7 Å². The number of ketones is 3. The number of aromatic amines is 1. The van der Waals surface area contributed by atoms with Crippen molar-refractivity contribution in [3.63, 3.8) is 0 Å². The van der Waals surface area contributed by atoms with Gasteiger partial charge in [-0.05, 0) is 0 Å². The van der Waals surface area contributed by atoms with Crippen molar-refractivity contribution in [3.8, 4) is 57.9 Å². The first kappa shape index (κ1) is 35.2. The summed E-state index contributed by atoms with van der Waals surface area (Å²) in [6, 6.07) is 26.5. The molecule has 0 saturated heterocycles. The Kier molecular flexibility index (Phi) is 9.20. The van der Waals surface area contributed by atoms with E-state index < -0.39 is 5.56 Å². The maximum absolute atomic E-state index is 12.3. The van der Waals surface area contributed by atoms with Crippen molar-refractivity contribution in [1.29, 1.82) is 15.8 Å². The van der Waals surface area contributed by atoms with Gasteiger partial charge in [0.15, 0.2) is 11.5 Å². The Bertz CT molecular complexity index is 2830. The summed E-state index contributed by atoms with van der Waals surface area (Å²) in [5.41, 5.74) is 10.3. The average molecular weight is 727 g/mol. The molecule has 0 bridgehead atoms. The number of carbonyl (C=O) groups is 3. The second kappa shape index (κ2) is 14.4. The molecule has 3 heterocycles. The summed E-state index contributed by atoms with van der Waals surface area (Å²) < 4.78 is 10.3. The van der Waals surface area contributed by atoms with Crippen LogP contribution in [0.25, 0.3) is 33.8 Å². The van der Waals surface area contributed by atoms with Gasteiger partial charge in [-0.15, -0.1) is 0 Å². The second-order valence-corrected chi connectivity index (χ2v) is 11.7. The zero-order chi connectivity index (χ0) is 38.8. The highest BCUT2D eigenvalue weighted by Crippen LogP contribution is 2.37. The highest BCUT2D eigenvalue weighted by Gasteiger charge is 2.33. The number of aromatic nitrogens is 6. The van der Waals surface area contributed by atoms with E-state index in [-0.39, 0.29) is 69.8 Å². The fraction of sp³-hybridized carbons (Fsp3) is 0.0769. The highest BCUT2D eigenvalue weighted by atomic mass is 16.5. The van der Waals surface area contributed by atoms with Gasteiger partial charge in [-0.1, -0.05) is 72.8 Å². The summed E-state index contributed by atoms with van der Waals surface area (Å²) in [5, 5.41) is 26.7. The minimum Gasteiger partial charge on any atom is -0.473 e. The van der Waals surface area contributed by atoms with Gasteiger partial charge in [-0.2, -0.15) is 15.8 Å². The molecule has 0 unspecified atom stereocenters. The van der Waals surface area contributed by atoms with E-state index in [0.29, 0.717) is 51.5 Å². The summed E-state index contributed by atoms with van der Waals surface area (Å²) in [7, 11) is 1.55. The van der Waals surface area contributed by atoms with Crippen LogP contribution in [0.5, 0.6) is 5.88 Å². The van der Waals surface area contributed by atoms with Crippen LogP contribution in [-0.4, -0.2) is 67.6 Å². The third kappa shape index (κ3) is 6.10. The summed E-state index contributed by atoms with van der Waals surface area (Å²) >= 11 is 0. The topological polar surface area (TPSA) is 264 Å². The van der Waals surface area contributed by atoms with Crippen molar-refractivity contribution in [2.75, 3.05) is 26.1 Å². The zero-order valence-corrected chi connectivity index (χ0v) is 28.4. The molecule has 3 N–H and O–H groups in total. The van der Waals surface area contributed by atoms with Crippen LogP contribution in [0.2, 0.25) is 0 Å². The predicted molar refractivity (Wildman–Crippen MR) is 191 cm³/mol. The molecule has 0 spiro atoms. The van der Waals surface area contributed by atoms with E-state index in [0.717, 1.165) is 5.56 Å². The van der Waals surface area contributed by atoms with E-state index in [1.54, 1.807) is 73.8 Å². The van der Waals surface area contributed by atoms with Gasteiger partial charge in [-0.3, -0.25) is 19.2 Å². The SMILES string of the molecule is COCCOc1nc2c(nc1C#N)C(=O)c1ccccc1-2.N#Cc1nc2c([nH]c1=O)-c1ccccc1C2=O.N#Cc1nc2c(nc1N)-c1ccccc1C2=O. The molecule has 55 heavy (non-hydrogen) atoms. The number of hydrogen-bond donors (Lipinski definition) is 2. The lowest BCUT2D eigenvalue weighted by Crippen LogP contribution is -2.15. The Balaban J connectivity index is 0.000000128. The van der Waals surface area contributed by atoms with E-state index in [1.807, 2.05) is 24.3 Å². The molecule has 0 saturated carbocycles. The molecule has 3 aliphatic rings. The van der Waals surface area contributed by atoms with Gasteiger partial charge in [0.05, 0.1) is 12.3 Å². The molecular weight excluding hydrogens is 704 g/mol. The first-order valence-electron chi connectivity index (χ1n) is 16.2. The number of nitrogens with zero attached hydrogens (tertiary/aromatic N) is 8. The monoisotopic (exact) mass is 726 g/mol. The molecule has 264 valence electrons. The molecule has 0 amide bonds. The minimum absolute atomic E-state index is 0.00556. The average Bonchev–Trinajstić information content (AvgIpc) is 3.77. The van der Waals surface area contributed by atoms with Crippen LogP contribution < -0.4 is 16.0 Å². The number of fused-ring (bicyclic) bond motifs is 9. The van der Waals surface area contributed by atoms with Gasteiger partial charge in [-0.25, -0.2) is 24.9 Å². The summed E-state index contributed by atoms with van der Waals surface area (Å²) in [5.74, 6) is -0.510. The zero-order valence-electron chi connectivity index (χ0n) is 28.4. The van der Waals surface area contributed by atoms with Crippen LogP contribution >= 0.6 is 0 Å². The normalized spacial score (nSPS) is 11.8. The van der Waals surface area contributed by atoms with E-state index in [4.69, 9.17) is 31.0 Å². The Labute approximate surface area is 310 Å². The van der Waals surface area contributed by atoms with Gasteiger partial charge >= 0.3 is 0 Å². The number of anilines is 1. The van der Waals surface area contributed by atoms with Gasteiger partial charge in [0.25, 0.3) is 11.4 Å². The molecule has 0 atom stereocenters. The minimum atomic E-state index is -0.573. The molecule has 0 radical (unpaired) electrons. The number of nitrogen functional groups attached to an aromatic ring is 1. The van der Waals surface area contributed by atoms with Crippen LogP contribution in [-0.2, 0) is 4.74 Å². The lowest BCUT2D eigenvalue weighted by Gasteiger charge is -2.07. The van der Waals surface area contributed by atoms with Crippen molar-refractivity contribution in [3.05, 3.63) is 134 Å². The van der Waals surface area contributed by atoms with Crippen molar-refractivity contribution >= 4 is 23.2 Å². The standard InChI is InChI=1S/C15H11N3O3.C12H6N4O.C12H5N3O2/c1-20-6-7-21-15-11(8-16)17-13-12(18-15)9-4-2-3-5-10(9)14(13)19;13-5-8-12(14)16-9-6-3-1-2-4-7(6)11(17)10(9)15-8;13-5-8-12(17)15-9-6-3-1-2-4-7(6)11(16)10(9)14-8/h2-5H,6-7H2,1H3;1-4H,(H2,14,16);1-4H,(H,15,17). The first-order chi connectivity index (χ1) is 26.7. The van der Waals surface area contributed by atoms with Crippen molar-refractivity contribution in [1.82, 2.24) is 29.9 Å². The van der Waals surface area contributed by atoms with Crippen LogP contribution in [0, 0.1) is 34.0 Å². The van der Waals surface area contributed by atoms with Crippen molar-refractivity contribution in [2.24, 2.45) is 0 Å². The Morgan fingerprint density at radius 2 is 1.02 bits per heavy atom. The molecule has 3 aromatic carbocycles. The first-order valence-corrected chi connectivity index (χ1v) is 16.2. The molecule has 9 rings (SSSR count). The number of ether oxygens (including phenoxy) is 2. The van der Waals surface area contributed by atoms with Crippen LogP contribution in [0.15, 0.2) is 77.6 Å². The molecule has 0 aliphatic heterocycles. The smallest absolute Gasteiger partial charge is 0.285 e. The predicted octanol–water partition coefficient (Wildman–Crippen LogP) is 3.58. The number of hydrogen-bond acceptors (Lipinski definition) is 15. The molecule has 16 heteroatoms. The largest absolute Gasteiger partial charge is 0.473 e. The number of nitrogens with two attached hydrogens (primary N) is 1. The van der Waals surface area contributed by atoms with E-state index >= 15 is 0 Å². The van der Waals surface area contributed by atoms with Crippen LogP contribution in [0.3, 0.4) is 0 Å². The van der Waals surface area contributed by atoms with Crippen LogP contribution in [0.1, 0.15) is 65.2 Å². The third-order valence-electron chi connectivity index (χ3n) is 8.48. The molecule has 6 aromatic rings. The van der Waals surface area contributed by atoms with E-state index in [9.17, 15) is 19.2 Å². The fourth-order valence-corrected chi connectivity index (χ4v) is 5.98. The number of nitriles is 3. The molecular formula is C39H22N10O6. The Hall–Kier alpha value is -8.26. The second-order valence-electron chi connectivity index (χ2n) is 11.7. The molecule has 3 aromatic heterocycles. The summed E-state index contributed by atoms with van der Waals surface area (Å²) in [6.07, 6.45) is 0. The number of carbonyl (C=O) groups excluding carboxylic acids is 3. The maximum Gasteiger partial charge on any atom is 0.285 e. The van der Waals surface area contributed by atoms with Gasteiger partial charge in [0.1, 0.15) is 53.3 Å². The lowest BCUT2D eigenvalue weighted by molar-refractivity contribution is 0.103. The number of H-pyrrole nitrogens is 1. The fourth-order valence-electron chi connectivity index (χ4n) is 5.98. The highest BCUT2D eigenvalue weighted by molar-refractivity contribution is 6.21. The number of benzene rings is 3. The summed E-state index contributed by atoms with van der Waals surface area (Å²) in [4.78, 5) is 70.5. The third-order valence-corrected chi connectivity index (χ3v) is 8.48. The van der Waals surface area contributed by atoms with Gasteiger partial charge < -0.3 is 20.2 Å². The van der Waals surface area contributed by atoms with E-state index in [2.05, 4.69) is 29.9 Å². The van der Waals surface area contributed by atoms with E-state index in [1.165, 1.54) is 0 Å².